The summed E-state index contributed by atoms with van der Waals surface area (Å²) in [7, 11) is 4.63. The van der Waals surface area contributed by atoms with E-state index in [-0.39, 0.29) is 11.4 Å². The summed E-state index contributed by atoms with van der Waals surface area (Å²) in [6.07, 6.45) is 5.12. The van der Waals surface area contributed by atoms with E-state index in [1.54, 1.807) is 7.11 Å². The lowest BCUT2D eigenvalue weighted by molar-refractivity contribution is -0.208. The van der Waals surface area contributed by atoms with Crippen molar-refractivity contribution in [1.29, 1.82) is 0 Å². The number of methoxy groups -OCH3 is 2. The summed E-state index contributed by atoms with van der Waals surface area (Å²) in [4.78, 5) is 30.4. The van der Waals surface area contributed by atoms with Crippen molar-refractivity contribution in [1.82, 2.24) is 4.90 Å². The summed E-state index contributed by atoms with van der Waals surface area (Å²) in [6, 6.07) is 4.88. The Morgan fingerprint density at radius 1 is 1.23 bits per heavy atom. The fourth-order valence-corrected chi connectivity index (χ4v) is 7.80. The van der Waals surface area contributed by atoms with Gasteiger partial charge in [0.2, 0.25) is 0 Å². The number of aliphatic carboxylic acids is 1. The first-order valence-electron chi connectivity index (χ1n) is 11.6. The molecule has 4 aliphatic rings. The van der Waals surface area contributed by atoms with Crippen LogP contribution in [0.1, 0.15) is 25.3 Å². The van der Waals surface area contributed by atoms with Gasteiger partial charge >= 0.3 is 11.9 Å². The molecule has 0 amide bonds. The van der Waals surface area contributed by atoms with Gasteiger partial charge in [0.1, 0.15) is 11.7 Å². The molecule has 6 atom stereocenters. The van der Waals surface area contributed by atoms with Gasteiger partial charge in [0.25, 0.3) is 0 Å². The number of ether oxygens (including phenoxy) is 2. The summed E-state index contributed by atoms with van der Waals surface area (Å²) in [5.41, 5.74) is -1.93. The topological polar surface area (TPSA) is 99.5 Å². The zero-order valence-corrected chi connectivity index (χ0v) is 21.8. The summed E-state index contributed by atoms with van der Waals surface area (Å²) in [6.45, 7) is 3.43. The second-order valence-electron chi connectivity index (χ2n) is 9.64. The van der Waals surface area contributed by atoms with Crippen molar-refractivity contribution in [2.45, 2.75) is 42.9 Å². The van der Waals surface area contributed by atoms with Crippen LogP contribution in [0.15, 0.2) is 30.4 Å². The molecule has 8 nitrogen and oxygen atoms in total. The maximum atomic E-state index is 13.3. The number of anilines is 1. The average Bonchev–Trinajstić information content (AvgIpc) is 3.35. The number of nitrogens with zero attached hydrogens (tertiary/aromatic N) is 2. The van der Waals surface area contributed by atoms with Gasteiger partial charge < -0.3 is 24.6 Å². The number of fused-ring (bicyclic) bond motifs is 1. The quantitative estimate of drug-likeness (QED) is 0.351. The number of rotatable bonds is 4. The van der Waals surface area contributed by atoms with E-state index >= 15 is 0 Å². The lowest BCUT2D eigenvalue weighted by Crippen LogP contribution is -2.79. The Bertz CT molecular complexity index is 1050. The molecule has 1 aromatic carbocycles. The minimum Gasteiger partial charge on any atom is -0.497 e. The van der Waals surface area contributed by atoms with Crippen LogP contribution in [0.2, 0.25) is 0 Å². The number of aliphatic hydroxyl groups is 1. The number of carbonyl (C=O) groups excluding carboxylic acids is 1. The highest BCUT2D eigenvalue weighted by Crippen LogP contribution is 2.68. The van der Waals surface area contributed by atoms with E-state index in [1.807, 2.05) is 49.2 Å². The predicted molar refractivity (Wildman–Crippen MR) is 133 cm³/mol. The minimum absolute atomic E-state index is 0.168. The summed E-state index contributed by atoms with van der Waals surface area (Å²) < 4.78 is 10.6. The SMILES string of the molecule is CC[C@@]12C=CCN3CC[C@]4(c5ccc(OC)cc5N(C)[C@@H]4[C@](O)(C(=O)OC)[C@H]1C(=O)O)[C@H]32.ClCCl. The number of hydrogen-bond acceptors (Lipinski definition) is 7. The van der Waals surface area contributed by atoms with Crippen LogP contribution in [0.5, 0.6) is 5.75 Å². The van der Waals surface area contributed by atoms with Crippen LogP contribution in [-0.4, -0.2) is 84.4 Å². The van der Waals surface area contributed by atoms with E-state index in [2.05, 4.69) is 4.90 Å². The van der Waals surface area contributed by atoms with Crippen molar-refractivity contribution in [3.63, 3.8) is 0 Å². The Labute approximate surface area is 215 Å². The van der Waals surface area contributed by atoms with Crippen LogP contribution in [0.3, 0.4) is 0 Å². The second kappa shape index (κ2) is 9.14. The van der Waals surface area contributed by atoms with E-state index in [4.69, 9.17) is 32.7 Å². The summed E-state index contributed by atoms with van der Waals surface area (Å²) in [5.74, 6) is -2.77. The Morgan fingerprint density at radius 3 is 2.49 bits per heavy atom. The number of carboxylic acid groups (broad SMARTS) is 1. The molecule has 1 aliphatic carbocycles. The highest BCUT2D eigenvalue weighted by Gasteiger charge is 2.80. The highest BCUT2D eigenvalue weighted by molar-refractivity contribution is 6.40. The number of benzene rings is 1. The van der Waals surface area contributed by atoms with Gasteiger partial charge in [-0.05, 0) is 31.0 Å². The normalized spacial score (nSPS) is 36.4. The summed E-state index contributed by atoms with van der Waals surface area (Å²) in [5, 5.41) is 23.0. The number of esters is 1. The number of hydrogen-bond donors (Lipinski definition) is 2. The standard InChI is InChI=1S/C24H30N2O6.CH2Cl2/c1-5-22-9-6-11-26-12-10-23(19(22)26)15-8-7-14(31-3)13-16(15)25(2)20(23)24(30,21(29)32-4)17(22)18(27)28;2-1-3/h6-9,13,17,19-20,30H,5,10-12H2,1-4H3,(H,27,28);1H2/t17-,19+,20-,22+,23-,24-;/m0./s1. The van der Waals surface area contributed by atoms with Crippen molar-refractivity contribution in [2.75, 3.05) is 44.6 Å². The third-order valence-corrected chi connectivity index (χ3v) is 8.67. The maximum absolute atomic E-state index is 13.3. The van der Waals surface area contributed by atoms with E-state index < -0.39 is 40.3 Å². The Kier molecular flexibility index (Phi) is 6.81. The van der Waals surface area contributed by atoms with Crippen molar-refractivity contribution in [2.24, 2.45) is 11.3 Å². The molecule has 1 saturated carbocycles. The van der Waals surface area contributed by atoms with Crippen LogP contribution in [-0.2, 0) is 19.7 Å². The van der Waals surface area contributed by atoms with Crippen LogP contribution in [0, 0.1) is 11.3 Å². The molecule has 3 aliphatic heterocycles. The Balaban J connectivity index is 0.000000917. The van der Waals surface area contributed by atoms with Gasteiger partial charge in [-0.1, -0.05) is 25.1 Å². The van der Waals surface area contributed by atoms with Gasteiger partial charge in [-0.3, -0.25) is 9.69 Å². The molecule has 0 bridgehead atoms. The molecule has 192 valence electrons. The molecule has 0 radical (unpaired) electrons. The zero-order valence-electron chi connectivity index (χ0n) is 20.3. The maximum Gasteiger partial charge on any atom is 0.341 e. The Hall–Kier alpha value is -2.00. The fraction of sp³-hybridized carbons (Fsp3) is 0.600. The van der Waals surface area contributed by atoms with E-state index in [0.29, 0.717) is 18.6 Å². The van der Waals surface area contributed by atoms with Crippen LogP contribution < -0.4 is 9.64 Å². The lowest BCUT2D eigenvalue weighted by Gasteiger charge is -2.63. The molecular formula is C25H32Cl2N2O6. The predicted octanol–water partition coefficient (Wildman–Crippen LogP) is 2.83. The second-order valence-corrected chi connectivity index (χ2v) is 10.4. The highest BCUT2D eigenvalue weighted by atomic mass is 35.5. The molecule has 2 N–H and O–H groups in total. The molecule has 3 heterocycles. The van der Waals surface area contributed by atoms with Gasteiger partial charge in [0.15, 0.2) is 5.60 Å². The van der Waals surface area contributed by atoms with Crippen molar-refractivity contribution >= 4 is 40.8 Å². The monoisotopic (exact) mass is 526 g/mol. The number of carboxylic acids is 1. The molecule has 5 rings (SSSR count). The average molecular weight is 527 g/mol. The van der Waals surface area contributed by atoms with Crippen LogP contribution in [0.4, 0.5) is 5.69 Å². The Morgan fingerprint density at radius 2 is 1.91 bits per heavy atom. The van der Waals surface area contributed by atoms with Gasteiger partial charge in [-0.25, -0.2) is 4.79 Å². The number of alkyl halides is 2. The molecule has 2 fully saturated rings. The first kappa shape index (κ1) is 26.1. The zero-order chi connectivity index (χ0) is 25.8. The van der Waals surface area contributed by atoms with Gasteiger partial charge in [0, 0.05) is 42.2 Å². The molecule has 35 heavy (non-hydrogen) atoms. The van der Waals surface area contributed by atoms with Gasteiger partial charge in [0.05, 0.1) is 25.6 Å². The van der Waals surface area contributed by atoms with Crippen molar-refractivity contribution in [3.05, 3.63) is 35.9 Å². The minimum atomic E-state index is -2.24. The first-order chi connectivity index (χ1) is 16.6. The van der Waals surface area contributed by atoms with Crippen molar-refractivity contribution < 1.29 is 29.3 Å². The van der Waals surface area contributed by atoms with Gasteiger partial charge in [-0.15, -0.1) is 23.2 Å². The third-order valence-electron chi connectivity index (χ3n) is 8.67. The van der Waals surface area contributed by atoms with E-state index in [9.17, 15) is 19.8 Å². The number of carbonyl (C=O) groups is 2. The van der Waals surface area contributed by atoms with Crippen LogP contribution in [0.25, 0.3) is 0 Å². The fourth-order valence-electron chi connectivity index (χ4n) is 7.80. The number of likely N-dealkylation sites (N-methyl/N-ethyl adjacent to an activating group) is 1. The summed E-state index contributed by atoms with van der Waals surface area (Å²) >= 11 is 9.53. The first-order valence-corrected chi connectivity index (χ1v) is 12.7. The van der Waals surface area contributed by atoms with Crippen LogP contribution >= 0.6 is 23.2 Å². The smallest absolute Gasteiger partial charge is 0.341 e. The molecule has 1 aromatic rings. The molecule has 1 saturated heterocycles. The molecule has 10 heteroatoms. The molecule has 0 unspecified atom stereocenters. The molecular weight excluding hydrogens is 495 g/mol. The van der Waals surface area contributed by atoms with Gasteiger partial charge in [-0.2, -0.15) is 0 Å². The van der Waals surface area contributed by atoms with E-state index in [1.165, 1.54) is 7.11 Å². The molecule has 0 aromatic heterocycles. The molecule has 1 spiro atoms. The van der Waals surface area contributed by atoms with Crippen molar-refractivity contribution in [3.8, 4) is 5.75 Å². The lowest BCUT2D eigenvalue weighted by atomic mass is 9.45. The number of halogens is 2. The largest absolute Gasteiger partial charge is 0.497 e. The third kappa shape index (κ3) is 3.19. The van der Waals surface area contributed by atoms with E-state index in [0.717, 1.165) is 24.3 Å².